The highest BCUT2D eigenvalue weighted by Crippen LogP contribution is 2.29. The van der Waals surface area contributed by atoms with Crippen LogP contribution in [-0.2, 0) is 0 Å². The Morgan fingerprint density at radius 1 is 1.23 bits per heavy atom. The van der Waals surface area contributed by atoms with Crippen molar-refractivity contribution in [1.29, 1.82) is 0 Å². The van der Waals surface area contributed by atoms with Crippen LogP contribution in [-0.4, -0.2) is 37.4 Å². The second kappa shape index (κ2) is 13.9. The van der Waals surface area contributed by atoms with Crippen LogP contribution in [0.3, 0.4) is 0 Å². The number of aliphatic imine (C=N–C) groups is 1. The SMILES string of the molecule is CCOc1ccc(OCC)c(NC(N)=NCC(CCO)CC(C)C)c1.I. The highest BCUT2D eigenvalue weighted by atomic mass is 127. The van der Waals surface area contributed by atoms with E-state index in [4.69, 9.17) is 15.2 Å². The van der Waals surface area contributed by atoms with Crippen LogP contribution >= 0.6 is 24.0 Å². The first-order valence-electron chi connectivity index (χ1n) is 9.07. The van der Waals surface area contributed by atoms with Crippen LogP contribution in [0, 0.1) is 11.8 Å². The maximum Gasteiger partial charge on any atom is 0.193 e. The van der Waals surface area contributed by atoms with Crippen molar-refractivity contribution >= 4 is 35.6 Å². The van der Waals surface area contributed by atoms with Crippen molar-refractivity contribution in [2.75, 3.05) is 31.7 Å². The van der Waals surface area contributed by atoms with Crippen LogP contribution in [0.5, 0.6) is 11.5 Å². The molecular formula is C19H34IN3O3. The standard InChI is InChI=1S/C19H33N3O3.HI/c1-5-24-16-7-8-18(25-6-2)17(12-16)22-19(20)21-13-15(9-10-23)11-14(3)4;/h7-8,12,14-15,23H,5-6,9-11,13H2,1-4H3,(H3,20,21,22);1H. The first-order valence-corrected chi connectivity index (χ1v) is 9.07. The third-order valence-electron chi connectivity index (χ3n) is 3.69. The number of hydrogen-bond acceptors (Lipinski definition) is 4. The lowest BCUT2D eigenvalue weighted by Crippen LogP contribution is -2.24. The lowest BCUT2D eigenvalue weighted by molar-refractivity contribution is 0.246. The van der Waals surface area contributed by atoms with Gasteiger partial charge < -0.3 is 25.6 Å². The Morgan fingerprint density at radius 2 is 1.92 bits per heavy atom. The summed E-state index contributed by atoms with van der Waals surface area (Å²) in [4.78, 5) is 4.44. The Labute approximate surface area is 174 Å². The summed E-state index contributed by atoms with van der Waals surface area (Å²) in [6.07, 6.45) is 1.75. The van der Waals surface area contributed by atoms with Gasteiger partial charge in [-0.2, -0.15) is 0 Å². The number of nitrogens with two attached hydrogens (primary N) is 1. The Balaban J connectivity index is 0.00000625. The zero-order chi connectivity index (χ0) is 18.7. The van der Waals surface area contributed by atoms with Gasteiger partial charge in [0.05, 0.1) is 18.9 Å². The molecular weight excluding hydrogens is 445 g/mol. The van der Waals surface area contributed by atoms with Crippen LogP contribution in [0.4, 0.5) is 5.69 Å². The molecule has 0 bridgehead atoms. The van der Waals surface area contributed by atoms with Gasteiger partial charge in [-0.05, 0) is 50.7 Å². The molecule has 0 heterocycles. The molecule has 4 N–H and O–H groups in total. The topological polar surface area (TPSA) is 89.1 Å². The van der Waals surface area contributed by atoms with Crippen LogP contribution in [0.2, 0.25) is 0 Å². The van der Waals surface area contributed by atoms with E-state index in [0.717, 1.165) is 24.3 Å². The number of aliphatic hydroxyl groups excluding tert-OH is 1. The lowest BCUT2D eigenvalue weighted by Gasteiger charge is -2.17. The van der Waals surface area contributed by atoms with Gasteiger partial charge in [0.1, 0.15) is 11.5 Å². The van der Waals surface area contributed by atoms with Crippen molar-refractivity contribution < 1.29 is 14.6 Å². The molecule has 1 aromatic rings. The third-order valence-corrected chi connectivity index (χ3v) is 3.69. The maximum absolute atomic E-state index is 9.20. The van der Waals surface area contributed by atoms with E-state index in [-0.39, 0.29) is 30.6 Å². The molecule has 7 heteroatoms. The lowest BCUT2D eigenvalue weighted by atomic mass is 9.94. The molecule has 0 amide bonds. The summed E-state index contributed by atoms with van der Waals surface area (Å²) in [7, 11) is 0. The van der Waals surface area contributed by atoms with E-state index in [1.165, 1.54) is 0 Å². The van der Waals surface area contributed by atoms with E-state index >= 15 is 0 Å². The van der Waals surface area contributed by atoms with Gasteiger partial charge in [0.15, 0.2) is 5.96 Å². The molecule has 0 aliphatic carbocycles. The molecule has 0 spiro atoms. The van der Waals surface area contributed by atoms with E-state index < -0.39 is 0 Å². The molecule has 1 rings (SSSR count). The molecule has 0 fully saturated rings. The normalized spacial score (nSPS) is 12.5. The van der Waals surface area contributed by atoms with Gasteiger partial charge in [0.25, 0.3) is 0 Å². The predicted molar refractivity (Wildman–Crippen MR) is 119 cm³/mol. The molecule has 0 saturated carbocycles. The first kappa shape index (κ1) is 24.8. The van der Waals surface area contributed by atoms with Crippen molar-refractivity contribution in [3.05, 3.63) is 18.2 Å². The average molecular weight is 479 g/mol. The number of aliphatic hydroxyl groups is 1. The Morgan fingerprint density at radius 3 is 2.50 bits per heavy atom. The summed E-state index contributed by atoms with van der Waals surface area (Å²) in [5, 5.41) is 12.3. The molecule has 0 aromatic heterocycles. The van der Waals surface area contributed by atoms with E-state index in [0.29, 0.717) is 43.3 Å². The average Bonchev–Trinajstić information content (AvgIpc) is 2.55. The molecule has 0 saturated heterocycles. The van der Waals surface area contributed by atoms with Gasteiger partial charge in [-0.3, -0.25) is 4.99 Å². The summed E-state index contributed by atoms with van der Waals surface area (Å²) in [5.41, 5.74) is 6.78. The summed E-state index contributed by atoms with van der Waals surface area (Å²) in [6, 6.07) is 5.58. The molecule has 1 atom stereocenters. The Hall–Kier alpha value is -1.22. The minimum Gasteiger partial charge on any atom is -0.494 e. The van der Waals surface area contributed by atoms with Crippen molar-refractivity contribution in [1.82, 2.24) is 0 Å². The van der Waals surface area contributed by atoms with Gasteiger partial charge in [-0.25, -0.2) is 0 Å². The summed E-state index contributed by atoms with van der Waals surface area (Å²) in [6.45, 7) is 10.1. The van der Waals surface area contributed by atoms with E-state index in [1.807, 2.05) is 32.0 Å². The van der Waals surface area contributed by atoms with Crippen LogP contribution in [0.15, 0.2) is 23.2 Å². The fourth-order valence-corrected chi connectivity index (χ4v) is 2.68. The van der Waals surface area contributed by atoms with Crippen molar-refractivity contribution in [2.45, 2.75) is 40.5 Å². The fourth-order valence-electron chi connectivity index (χ4n) is 2.68. The number of halogens is 1. The van der Waals surface area contributed by atoms with E-state index in [2.05, 4.69) is 24.2 Å². The molecule has 1 aromatic carbocycles. The van der Waals surface area contributed by atoms with E-state index in [1.54, 1.807) is 0 Å². The van der Waals surface area contributed by atoms with Gasteiger partial charge in [0, 0.05) is 19.2 Å². The van der Waals surface area contributed by atoms with Crippen molar-refractivity contribution in [3.63, 3.8) is 0 Å². The summed E-state index contributed by atoms with van der Waals surface area (Å²) in [5.74, 6) is 2.68. The molecule has 1 unspecified atom stereocenters. The largest absolute Gasteiger partial charge is 0.494 e. The molecule has 0 aliphatic heterocycles. The van der Waals surface area contributed by atoms with E-state index in [9.17, 15) is 5.11 Å². The van der Waals surface area contributed by atoms with Gasteiger partial charge >= 0.3 is 0 Å². The minimum absolute atomic E-state index is 0. The number of guanidine groups is 1. The molecule has 0 aliphatic rings. The number of rotatable bonds is 11. The molecule has 6 nitrogen and oxygen atoms in total. The second-order valence-corrected chi connectivity index (χ2v) is 6.38. The summed E-state index contributed by atoms with van der Waals surface area (Å²) >= 11 is 0. The van der Waals surface area contributed by atoms with Crippen molar-refractivity contribution in [3.8, 4) is 11.5 Å². The van der Waals surface area contributed by atoms with Crippen LogP contribution in [0.1, 0.15) is 40.5 Å². The number of nitrogens with zero attached hydrogens (tertiary/aromatic N) is 1. The maximum atomic E-state index is 9.20. The number of benzene rings is 1. The zero-order valence-electron chi connectivity index (χ0n) is 16.3. The van der Waals surface area contributed by atoms with Crippen molar-refractivity contribution in [2.24, 2.45) is 22.6 Å². The molecule has 26 heavy (non-hydrogen) atoms. The number of hydrogen-bond donors (Lipinski definition) is 3. The third kappa shape index (κ3) is 9.47. The van der Waals surface area contributed by atoms with Gasteiger partial charge in [0.2, 0.25) is 0 Å². The van der Waals surface area contributed by atoms with Gasteiger partial charge in [-0.15, -0.1) is 24.0 Å². The fraction of sp³-hybridized carbons (Fsp3) is 0.632. The quantitative estimate of drug-likeness (QED) is 0.255. The van der Waals surface area contributed by atoms with Gasteiger partial charge in [-0.1, -0.05) is 13.8 Å². The predicted octanol–water partition coefficient (Wildman–Crippen LogP) is 3.87. The Bertz CT molecular complexity index is 539. The smallest absolute Gasteiger partial charge is 0.193 e. The second-order valence-electron chi connectivity index (χ2n) is 6.38. The monoisotopic (exact) mass is 479 g/mol. The highest BCUT2D eigenvalue weighted by Gasteiger charge is 2.11. The molecule has 0 radical (unpaired) electrons. The number of ether oxygens (including phenoxy) is 2. The number of anilines is 1. The molecule has 150 valence electrons. The highest BCUT2D eigenvalue weighted by molar-refractivity contribution is 14.0. The zero-order valence-corrected chi connectivity index (χ0v) is 18.7. The number of nitrogens with one attached hydrogen (secondary N) is 1. The Kier molecular flexibility index (Phi) is 13.3. The van der Waals surface area contributed by atoms with Crippen LogP contribution in [0.25, 0.3) is 0 Å². The summed E-state index contributed by atoms with van der Waals surface area (Å²) < 4.78 is 11.2. The van der Waals surface area contributed by atoms with Crippen LogP contribution < -0.4 is 20.5 Å². The first-order chi connectivity index (χ1) is 12.0. The minimum atomic E-state index is 0.